The number of allylic oxidation sites excluding steroid dienone is 2. The van der Waals surface area contributed by atoms with E-state index in [2.05, 4.69) is 4.99 Å². The van der Waals surface area contributed by atoms with Crippen LogP contribution in [0.2, 0.25) is 5.02 Å². The molecular weight excluding hydrogens is 415 g/mol. The van der Waals surface area contributed by atoms with Gasteiger partial charge < -0.3 is 10.6 Å². The lowest BCUT2D eigenvalue weighted by atomic mass is 10.0. The van der Waals surface area contributed by atoms with E-state index in [1.165, 1.54) is 0 Å². The molecule has 1 aliphatic heterocycles. The van der Waals surface area contributed by atoms with Crippen LogP contribution in [-0.4, -0.2) is 35.8 Å². The molecule has 0 spiro atoms. The lowest BCUT2D eigenvalue weighted by Gasteiger charge is -2.26. The van der Waals surface area contributed by atoms with Gasteiger partial charge in [-0.1, -0.05) is 35.9 Å². The first-order chi connectivity index (χ1) is 14.3. The van der Waals surface area contributed by atoms with Gasteiger partial charge in [0.1, 0.15) is 5.70 Å². The Kier molecular flexibility index (Phi) is 6.82. The number of para-hydroxylation sites is 1. The molecule has 0 bridgehead atoms. The largest absolute Gasteiger partial charge is 0.430 e. The number of nitrogens with two attached hydrogens (primary N) is 1. The zero-order valence-electron chi connectivity index (χ0n) is 16.1. The molecule has 2 aromatic rings. The van der Waals surface area contributed by atoms with Gasteiger partial charge in [-0.15, -0.1) is 0 Å². The van der Waals surface area contributed by atoms with Crippen molar-refractivity contribution in [2.24, 2.45) is 10.7 Å². The van der Waals surface area contributed by atoms with E-state index in [1.807, 2.05) is 0 Å². The molecule has 1 aliphatic rings. The molecule has 0 atom stereocenters. The van der Waals surface area contributed by atoms with E-state index in [0.717, 1.165) is 25.3 Å². The molecule has 0 aromatic heterocycles. The molecule has 2 N–H and O–H groups in total. The average molecular weight is 436 g/mol. The molecule has 3 rings (SSSR count). The molecule has 8 heteroatoms. The maximum atomic E-state index is 13.0. The normalized spacial score (nSPS) is 15.9. The summed E-state index contributed by atoms with van der Waals surface area (Å²) in [5.74, 6) is -0.0869. The second-order valence-corrected chi connectivity index (χ2v) is 7.38. The summed E-state index contributed by atoms with van der Waals surface area (Å²) in [7, 11) is 0. The predicted octanol–water partition coefficient (Wildman–Crippen LogP) is 5.49. The van der Waals surface area contributed by atoms with E-state index in [4.69, 9.17) is 17.3 Å². The van der Waals surface area contributed by atoms with Crippen molar-refractivity contribution in [1.29, 1.82) is 0 Å². The van der Waals surface area contributed by atoms with Crippen molar-refractivity contribution in [2.45, 2.75) is 25.4 Å². The second-order valence-electron chi connectivity index (χ2n) is 6.98. The Morgan fingerprint density at radius 2 is 1.60 bits per heavy atom. The maximum Gasteiger partial charge on any atom is 0.430 e. The van der Waals surface area contributed by atoms with Crippen LogP contribution < -0.4 is 5.73 Å². The number of hydrogen-bond donors (Lipinski definition) is 1. The SMILES string of the molecule is N/C(=C\C(=Nc1ccccc1Cl)c1ccc(C(=O)N2CCCCC2)cc1)C(F)(F)F. The van der Waals surface area contributed by atoms with Gasteiger partial charge in [-0.3, -0.25) is 4.79 Å². The van der Waals surface area contributed by atoms with Gasteiger partial charge in [0.25, 0.3) is 5.91 Å². The predicted molar refractivity (Wildman–Crippen MR) is 112 cm³/mol. The van der Waals surface area contributed by atoms with Crippen molar-refractivity contribution in [3.8, 4) is 0 Å². The first kappa shape index (κ1) is 21.9. The third kappa shape index (κ3) is 5.42. The summed E-state index contributed by atoms with van der Waals surface area (Å²) < 4.78 is 39.0. The standard InChI is InChI=1S/C22H21ClF3N3O/c23-17-6-2-3-7-18(17)28-19(14-20(27)22(24,25)26)15-8-10-16(11-9-15)21(30)29-12-4-1-5-13-29/h2-3,6-11,14H,1,4-5,12-13,27H2/b20-14-,28-19?. The Hall–Kier alpha value is -2.80. The minimum atomic E-state index is -4.69. The number of piperidine rings is 1. The fraction of sp³-hybridized carbons (Fsp3) is 0.273. The summed E-state index contributed by atoms with van der Waals surface area (Å²) >= 11 is 6.10. The highest BCUT2D eigenvalue weighted by atomic mass is 35.5. The molecule has 1 saturated heterocycles. The molecule has 1 fully saturated rings. The van der Waals surface area contributed by atoms with E-state index in [0.29, 0.717) is 34.9 Å². The van der Waals surface area contributed by atoms with Crippen LogP contribution in [0.5, 0.6) is 0 Å². The van der Waals surface area contributed by atoms with Gasteiger partial charge in [-0.05, 0) is 49.6 Å². The highest BCUT2D eigenvalue weighted by Crippen LogP contribution is 2.27. The van der Waals surface area contributed by atoms with Crippen LogP contribution in [0.3, 0.4) is 0 Å². The number of aliphatic imine (C=N–C) groups is 1. The summed E-state index contributed by atoms with van der Waals surface area (Å²) in [6.07, 6.45) is -0.867. The van der Waals surface area contributed by atoms with Gasteiger partial charge in [0.15, 0.2) is 0 Å². The Balaban J connectivity index is 1.95. The summed E-state index contributed by atoms with van der Waals surface area (Å²) in [6.45, 7) is 1.43. The van der Waals surface area contributed by atoms with Crippen LogP contribution in [-0.2, 0) is 0 Å². The van der Waals surface area contributed by atoms with Crippen LogP contribution >= 0.6 is 11.6 Å². The van der Waals surface area contributed by atoms with E-state index in [1.54, 1.807) is 53.4 Å². The molecule has 0 saturated carbocycles. The van der Waals surface area contributed by atoms with Gasteiger partial charge >= 0.3 is 6.18 Å². The first-order valence-corrected chi connectivity index (χ1v) is 9.91. The van der Waals surface area contributed by atoms with Crippen LogP contribution in [0, 0.1) is 0 Å². The van der Waals surface area contributed by atoms with Crippen molar-refractivity contribution < 1.29 is 18.0 Å². The number of likely N-dealkylation sites (tertiary alicyclic amines) is 1. The lowest BCUT2D eigenvalue weighted by molar-refractivity contribution is -0.0925. The number of halogens is 4. The lowest BCUT2D eigenvalue weighted by Crippen LogP contribution is -2.35. The van der Waals surface area contributed by atoms with Gasteiger partial charge in [-0.25, -0.2) is 4.99 Å². The topological polar surface area (TPSA) is 58.7 Å². The van der Waals surface area contributed by atoms with Crippen molar-refractivity contribution in [1.82, 2.24) is 4.90 Å². The zero-order chi connectivity index (χ0) is 21.7. The van der Waals surface area contributed by atoms with Gasteiger partial charge in [0.05, 0.1) is 16.4 Å². The van der Waals surface area contributed by atoms with Gasteiger partial charge in [-0.2, -0.15) is 13.2 Å². The third-order valence-electron chi connectivity index (χ3n) is 4.78. The van der Waals surface area contributed by atoms with Crippen LogP contribution in [0.25, 0.3) is 0 Å². The summed E-state index contributed by atoms with van der Waals surface area (Å²) in [5.41, 5.74) is 5.11. The fourth-order valence-corrected chi connectivity index (χ4v) is 3.32. The number of amides is 1. The van der Waals surface area contributed by atoms with Crippen molar-refractivity contribution in [3.63, 3.8) is 0 Å². The van der Waals surface area contributed by atoms with Crippen molar-refractivity contribution in [2.75, 3.05) is 13.1 Å². The number of carbonyl (C=O) groups is 1. The zero-order valence-corrected chi connectivity index (χ0v) is 16.9. The minimum absolute atomic E-state index is 0.00473. The number of carbonyl (C=O) groups excluding carboxylic acids is 1. The highest BCUT2D eigenvalue weighted by Gasteiger charge is 2.31. The number of nitrogens with zero attached hydrogens (tertiary/aromatic N) is 2. The summed E-state index contributed by atoms with van der Waals surface area (Å²) in [6, 6.07) is 12.9. The van der Waals surface area contributed by atoms with Gasteiger partial charge in [0, 0.05) is 24.2 Å². The van der Waals surface area contributed by atoms with E-state index in [-0.39, 0.29) is 11.6 Å². The smallest absolute Gasteiger partial charge is 0.395 e. The highest BCUT2D eigenvalue weighted by molar-refractivity contribution is 6.33. The molecule has 0 aliphatic carbocycles. The quantitative estimate of drug-likeness (QED) is 0.645. The van der Waals surface area contributed by atoms with Crippen LogP contribution in [0.4, 0.5) is 18.9 Å². The Morgan fingerprint density at radius 3 is 2.20 bits per heavy atom. The van der Waals surface area contributed by atoms with Crippen molar-refractivity contribution >= 4 is 28.9 Å². The molecule has 2 aromatic carbocycles. The molecular formula is C22H21ClF3N3O. The molecule has 30 heavy (non-hydrogen) atoms. The summed E-state index contributed by atoms with van der Waals surface area (Å²) in [4.78, 5) is 18.7. The fourth-order valence-electron chi connectivity index (χ4n) is 3.14. The van der Waals surface area contributed by atoms with E-state index in [9.17, 15) is 18.0 Å². The number of alkyl halides is 3. The Bertz CT molecular complexity index is 962. The molecule has 1 amide bonds. The summed E-state index contributed by atoms with van der Waals surface area (Å²) in [5, 5.41) is 0.297. The number of benzene rings is 2. The molecule has 158 valence electrons. The van der Waals surface area contributed by atoms with Gasteiger partial charge in [0.2, 0.25) is 0 Å². The average Bonchev–Trinajstić information content (AvgIpc) is 2.74. The van der Waals surface area contributed by atoms with Crippen molar-refractivity contribution in [3.05, 3.63) is 76.5 Å². The maximum absolute atomic E-state index is 13.0. The minimum Gasteiger partial charge on any atom is -0.395 e. The Morgan fingerprint density at radius 1 is 1.00 bits per heavy atom. The molecule has 1 heterocycles. The monoisotopic (exact) mass is 435 g/mol. The number of rotatable bonds is 4. The third-order valence-corrected chi connectivity index (χ3v) is 5.10. The first-order valence-electron chi connectivity index (χ1n) is 9.53. The molecule has 0 radical (unpaired) electrons. The van der Waals surface area contributed by atoms with E-state index < -0.39 is 11.9 Å². The molecule has 0 unspecified atom stereocenters. The molecule has 4 nitrogen and oxygen atoms in total. The van der Waals surface area contributed by atoms with Crippen LogP contribution in [0.15, 0.2) is 65.3 Å². The number of hydrogen-bond acceptors (Lipinski definition) is 3. The second kappa shape index (κ2) is 9.34. The Labute approximate surface area is 177 Å². The van der Waals surface area contributed by atoms with E-state index >= 15 is 0 Å². The van der Waals surface area contributed by atoms with Crippen LogP contribution in [0.1, 0.15) is 35.2 Å².